The first kappa shape index (κ1) is 13.6. The van der Waals surface area contributed by atoms with E-state index in [0.29, 0.717) is 0 Å². The van der Waals surface area contributed by atoms with Gasteiger partial charge in [-0.25, -0.2) is 0 Å². The zero-order chi connectivity index (χ0) is 14.5. The summed E-state index contributed by atoms with van der Waals surface area (Å²) in [6, 6.07) is 14.2. The van der Waals surface area contributed by atoms with Crippen molar-refractivity contribution in [1.82, 2.24) is 9.88 Å². The van der Waals surface area contributed by atoms with Gasteiger partial charge in [0.1, 0.15) is 0 Å². The van der Waals surface area contributed by atoms with Gasteiger partial charge < -0.3 is 4.90 Å². The van der Waals surface area contributed by atoms with Crippen LogP contribution in [0.2, 0.25) is 0 Å². The SMILES string of the molecule is N#Cc1ccc(CN2CCN(c3ccncc3)CC2)cc1. The van der Waals surface area contributed by atoms with Crippen LogP contribution in [0.5, 0.6) is 0 Å². The van der Waals surface area contributed by atoms with Crippen molar-refractivity contribution in [3.05, 3.63) is 59.9 Å². The molecule has 106 valence electrons. The number of nitriles is 1. The average molecular weight is 278 g/mol. The molecule has 1 aliphatic rings. The number of anilines is 1. The van der Waals surface area contributed by atoms with Crippen LogP contribution >= 0.6 is 0 Å². The fourth-order valence-corrected chi connectivity index (χ4v) is 2.66. The predicted octanol–water partition coefficient (Wildman–Crippen LogP) is 2.28. The van der Waals surface area contributed by atoms with Crippen molar-refractivity contribution in [2.75, 3.05) is 31.1 Å². The molecule has 1 aromatic carbocycles. The molecule has 0 unspecified atom stereocenters. The van der Waals surface area contributed by atoms with Crippen LogP contribution in [0, 0.1) is 11.3 Å². The highest BCUT2D eigenvalue weighted by Gasteiger charge is 2.17. The third-order valence-electron chi connectivity index (χ3n) is 3.89. The first-order valence-corrected chi connectivity index (χ1v) is 7.21. The zero-order valence-electron chi connectivity index (χ0n) is 11.9. The van der Waals surface area contributed by atoms with Gasteiger partial charge in [-0.3, -0.25) is 9.88 Å². The molecule has 1 aliphatic heterocycles. The molecule has 4 heteroatoms. The van der Waals surface area contributed by atoms with Crippen molar-refractivity contribution in [2.24, 2.45) is 0 Å². The highest BCUT2D eigenvalue weighted by atomic mass is 15.3. The summed E-state index contributed by atoms with van der Waals surface area (Å²) in [4.78, 5) is 8.92. The highest BCUT2D eigenvalue weighted by Crippen LogP contribution is 2.16. The van der Waals surface area contributed by atoms with E-state index in [1.165, 1.54) is 11.3 Å². The number of nitrogens with zero attached hydrogens (tertiary/aromatic N) is 4. The van der Waals surface area contributed by atoms with Crippen molar-refractivity contribution in [1.29, 1.82) is 5.26 Å². The van der Waals surface area contributed by atoms with E-state index >= 15 is 0 Å². The van der Waals surface area contributed by atoms with Crippen LogP contribution in [-0.4, -0.2) is 36.1 Å². The first-order valence-electron chi connectivity index (χ1n) is 7.21. The monoisotopic (exact) mass is 278 g/mol. The van der Waals surface area contributed by atoms with E-state index < -0.39 is 0 Å². The summed E-state index contributed by atoms with van der Waals surface area (Å²) < 4.78 is 0. The lowest BCUT2D eigenvalue weighted by Crippen LogP contribution is -2.45. The van der Waals surface area contributed by atoms with E-state index in [2.05, 4.69) is 33.0 Å². The minimum absolute atomic E-state index is 0.723. The van der Waals surface area contributed by atoms with Gasteiger partial charge in [0.15, 0.2) is 0 Å². The smallest absolute Gasteiger partial charge is 0.0991 e. The molecule has 1 saturated heterocycles. The molecule has 0 N–H and O–H groups in total. The fraction of sp³-hybridized carbons (Fsp3) is 0.294. The van der Waals surface area contributed by atoms with Crippen LogP contribution in [0.4, 0.5) is 5.69 Å². The standard InChI is InChI=1S/C17H18N4/c18-13-15-1-3-16(4-2-15)14-20-9-11-21(12-10-20)17-5-7-19-8-6-17/h1-8H,9-12,14H2. The number of pyridine rings is 1. The largest absolute Gasteiger partial charge is 0.369 e. The van der Waals surface area contributed by atoms with Gasteiger partial charge in [-0.1, -0.05) is 12.1 Å². The maximum atomic E-state index is 8.82. The van der Waals surface area contributed by atoms with E-state index in [1.54, 1.807) is 0 Å². The molecule has 0 spiro atoms. The lowest BCUT2D eigenvalue weighted by molar-refractivity contribution is 0.250. The molecule has 0 aliphatic carbocycles. The van der Waals surface area contributed by atoms with Crippen LogP contribution in [0.1, 0.15) is 11.1 Å². The Hall–Kier alpha value is -2.38. The van der Waals surface area contributed by atoms with Gasteiger partial charge in [-0.2, -0.15) is 5.26 Å². The number of hydrogen-bond donors (Lipinski definition) is 0. The van der Waals surface area contributed by atoms with Gasteiger partial charge in [0.05, 0.1) is 11.6 Å². The molecular weight excluding hydrogens is 260 g/mol. The summed E-state index contributed by atoms with van der Waals surface area (Å²) in [5.41, 5.74) is 3.25. The average Bonchev–Trinajstić information content (AvgIpc) is 2.57. The number of piperazine rings is 1. The maximum Gasteiger partial charge on any atom is 0.0991 e. The van der Waals surface area contributed by atoms with Gasteiger partial charge in [-0.05, 0) is 29.8 Å². The zero-order valence-corrected chi connectivity index (χ0v) is 11.9. The van der Waals surface area contributed by atoms with E-state index in [9.17, 15) is 0 Å². The van der Waals surface area contributed by atoms with Gasteiger partial charge >= 0.3 is 0 Å². The van der Waals surface area contributed by atoms with Crippen molar-refractivity contribution in [3.63, 3.8) is 0 Å². The molecule has 3 rings (SSSR count). The molecule has 0 amide bonds. The third-order valence-corrected chi connectivity index (χ3v) is 3.89. The van der Waals surface area contributed by atoms with Gasteiger partial charge in [0.25, 0.3) is 0 Å². The Morgan fingerprint density at radius 3 is 2.24 bits per heavy atom. The molecular formula is C17H18N4. The van der Waals surface area contributed by atoms with E-state index in [1.807, 2.05) is 36.7 Å². The van der Waals surface area contributed by atoms with Crippen molar-refractivity contribution in [3.8, 4) is 6.07 Å². The molecule has 21 heavy (non-hydrogen) atoms. The summed E-state index contributed by atoms with van der Waals surface area (Å²) in [6.45, 7) is 5.15. The number of aromatic nitrogens is 1. The molecule has 0 radical (unpaired) electrons. The lowest BCUT2D eigenvalue weighted by atomic mass is 10.1. The summed E-state index contributed by atoms with van der Waals surface area (Å²) in [6.07, 6.45) is 3.69. The Morgan fingerprint density at radius 2 is 1.62 bits per heavy atom. The van der Waals surface area contributed by atoms with Crippen LogP contribution in [0.3, 0.4) is 0 Å². The second-order valence-electron chi connectivity index (χ2n) is 5.28. The molecule has 1 fully saturated rings. The Kier molecular flexibility index (Phi) is 4.13. The normalized spacial score (nSPS) is 15.7. The first-order chi connectivity index (χ1) is 10.3. The minimum Gasteiger partial charge on any atom is -0.369 e. The lowest BCUT2D eigenvalue weighted by Gasteiger charge is -2.36. The van der Waals surface area contributed by atoms with Crippen molar-refractivity contribution in [2.45, 2.75) is 6.54 Å². The Morgan fingerprint density at radius 1 is 0.952 bits per heavy atom. The Balaban J connectivity index is 1.55. The van der Waals surface area contributed by atoms with Crippen LogP contribution in [0.15, 0.2) is 48.8 Å². The third kappa shape index (κ3) is 3.39. The quantitative estimate of drug-likeness (QED) is 0.864. The van der Waals surface area contributed by atoms with E-state index in [4.69, 9.17) is 5.26 Å². The maximum absolute atomic E-state index is 8.82. The molecule has 0 saturated carbocycles. The number of benzene rings is 1. The molecule has 2 heterocycles. The molecule has 4 nitrogen and oxygen atoms in total. The van der Waals surface area contributed by atoms with E-state index in [0.717, 1.165) is 38.3 Å². The summed E-state index contributed by atoms with van der Waals surface area (Å²) in [5.74, 6) is 0. The number of hydrogen-bond acceptors (Lipinski definition) is 4. The van der Waals surface area contributed by atoms with Crippen LogP contribution < -0.4 is 4.90 Å². The molecule has 2 aromatic rings. The minimum atomic E-state index is 0.723. The summed E-state index contributed by atoms with van der Waals surface area (Å²) >= 11 is 0. The van der Waals surface area contributed by atoms with Gasteiger partial charge in [0.2, 0.25) is 0 Å². The second kappa shape index (κ2) is 6.38. The summed E-state index contributed by atoms with van der Waals surface area (Å²) in [5, 5.41) is 8.82. The second-order valence-corrected chi connectivity index (χ2v) is 5.28. The topological polar surface area (TPSA) is 43.2 Å². The molecule has 1 aromatic heterocycles. The Labute approximate surface area is 125 Å². The highest BCUT2D eigenvalue weighted by molar-refractivity contribution is 5.45. The Bertz CT molecular complexity index is 607. The molecule has 0 bridgehead atoms. The predicted molar refractivity (Wildman–Crippen MR) is 82.9 cm³/mol. The molecule has 0 atom stereocenters. The van der Waals surface area contributed by atoms with Crippen molar-refractivity contribution >= 4 is 5.69 Å². The van der Waals surface area contributed by atoms with Crippen LogP contribution in [0.25, 0.3) is 0 Å². The van der Waals surface area contributed by atoms with Crippen LogP contribution in [-0.2, 0) is 6.54 Å². The van der Waals surface area contributed by atoms with Gasteiger partial charge in [-0.15, -0.1) is 0 Å². The fourth-order valence-electron chi connectivity index (χ4n) is 2.66. The van der Waals surface area contributed by atoms with Crippen molar-refractivity contribution < 1.29 is 0 Å². The van der Waals surface area contributed by atoms with E-state index in [-0.39, 0.29) is 0 Å². The summed E-state index contributed by atoms with van der Waals surface area (Å²) in [7, 11) is 0. The van der Waals surface area contributed by atoms with Gasteiger partial charge in [0, 0.05) is 50.8 Å². The number of rotatable bonds is 3.